The van der Waals surface area contributed by atoms with E-state index in [0.717, 1.165) is 0 Å². The normalized spacial score (nSPS) is 32.6. The zero-order chi connectivity index (χ0) is 17.3. The molecule has 0 N–H and O–H groups in total. The highest BCUT2D eigenvalue weighted by atomic mass is 16.8. The smallest absolute Gasteiger partial charge is 0.232 e. The van der Waals surface area contributed by atoms with Crippen LogP contribution in [0.1, 0.15) is 68.7 Å². The van der Waals surface area contributed by atoms with Crippen LogP contribution in [0.4, 0.5) is 0 Å². The summed E-state index contributed by atoms with van der Waals surface area (Å²) < 4.78 is 12.2. The maximum atomic E-state index is 13.4. The van der Waals surface area contributed by atoms with E-state index in [2.05, 4.69) is 20.8 Å². The molecule has 2 aliphatic heterocycles. The molecule has 4 nitrogen and oxygen atoms in total. The third kappa shape index (κ3) is 2.19. The molecule has 1 saturated heterocycles. The van der Waals surface area contributed by atoms with Gasteiger partial charge in [0.1, 0.15) is 5.60 Å². The Morgan fingerprint density at radius 2 is 1.43 bits per heavy atom. The number of ketones is 2. The Morgan fingerprint density at radius 1 is 0.913 bits per heavy atom. The summed E-state index contributed by atoms with van der Waals surface area (Å²) in [5.74, 6) is -1.89. The summed E-state index contributed by atoms with van der Waals surface area (Å²) in [5, 5.41) is 0. The average Bonchev–Trinajstić information content (AvgIpc) is 2.59. The maximum absolute atomic E-state index is 13.4. The summed E-state index contributed by atoms with van der Waals surface area (Å²) in [7, 11) is 0. The van der Waals surface area contributed by atoms with Crippen LogP contribution < -0.4 is 0 Å². The predicted octanol–water partition coefficient (Wildman–Crippen LogP) is 3.78. The SMILES string of the molecule is CC(C)(C)C[C@@]12O[C@@](C)(OC1(C)C)C(=O)c1ccccc1C2=O. The Labute approximate surface area is 137 Å². The summed E-state index contributed by atoms with van der Waals surface area (Å²) in [6, 6.07) is 6.92. The number of Topliss-reactive ketones (excluding diaryl/α,β-unsaturated/α-hetero) is 2. The summed E-state index contributed by atoms with van der Waals surface area (Å²) in [5.41, 5.74) is -1.42. The second-order valence-corrected chi connectivity index (χ2v) is 8.43. The summed E-state index contributed by atoms with van der Waals surface area (Å²) in [6.45, 7) is 11.5. The molecule has 0 saturated carbocycles. The van der Waals surface area contributed by atoms with E-state index in [1.165, 1.54) is 0 Å². The number of carbonyl (C=O) groups is 2. The minimum atomic E-state index is -1.43. The molecule has 0 aliphatic carbocycles. The fraction of sp³-hybridized carbons (Fsp3) is 0.579. The minimum Gasteiger partial charge on any atom is -0.334 e. The molecule has 0 aromatic heterocycles. The monoisotopic (exact) mass is 316 g/mol. The van der Waals surface area contributed by atoms with Crippen molar-refractivity contribution in [1.29, 1.82) is 0 Å². The number of hydrogen-bond donors (Lipinski definition) is 0. The summed E-state index contributed by atoms with van der Waals surface area (Å²) in [4.78, 5) is 26.4. The van der Waals surface area contributed by atoms with E-state index in [1.807, 2.05) is 13.8 Å². The fourth-order valence-electron chi connectivity index (χ4n) is 3.88. The van der Waals surface area contributed by atoms with Crippen LogP contribution in [0.25, 0.3) is 0 Å². The Hall–Kier alpha value is -1.52. The topological polar surface area (TPSA) is 52.6 Å². The number of fused-ring (bicyclic) bond motifs is 3. The Morgan fingerprint density at radius 3 is 1.96 bits per heavy atom. The standard InChI is InChI=1S/C19H24O4/c1-16(2,3)11-19-15(21)13-10-8-7-9-12(13)14(20)18(6,23-19)22-17(19,4)5/h7-10H,11H2,1-6H3/t18-,19+/m1/s1. The van der Waals surface area contributed by atoms with Gasteiger partial charge in [0.25, 0.3) is 0 Å². The first-order chi connectivity index (χ1) is 10.4. The first-order valence-corrected chi connectivity index (χ1v) is 8.01. The first kappa shape index (κ1) is 16.3. The van der Waals surface area contributed by atoms with Gasteiger partial charge in [0.05, 0.1) is 0 Å². The van der Waals surface area contributed by atoms with Crippen molar-refractivity contribution >= 4 is 11.6 Å². The van der Waals surface area contributed by atoms with Crippen molar-refractivity contribution in [3.63, 3.8) is 0 Å². The Kier molecular flexibility index (Phi) is 3.21. The van der Waals surface area contributed by atoms with Crippen LogP contribution >= 0.6 is 0 Å². The van der Waals surface area contributed by atoms with Gasteiger partial charge in [0.15, 0.2) is 11.4 Å². The van der Waals surface area contributed by atoms with Crippen molar-refractivity contribution in [2.45, 2.75) is 65.0 Å². The highest BCUT2D eigenvalue weighted by molar-refractivity contribution is 6.16. The molecule has 1 aromatic carbocycles. The number of ether oxygens (including phenoxy) is 2. The maximum Gasteiger partial charge on any atom is 0.232 e. The Bertz CT molecular complexity index is 698. The lowest BCUT2D eigenvalue weighted by molar-refractivity contribution is -0.142. The minimum absolute atomic E-state index is 0.163. The van der Waals surface area contributed by atoms with E-state index in [-0.39, 0.29) is 17.0 Å². The van der Waals surface area contributed by atoms with Gasteiger partial charge in [0.2, 0.25) is 11.6 Å². The zero-order valence-corrected chi connectivity index (χ0v) is 14.6. The highest BCUT2D eigenvalue weighted by Gasteiger charge is 2.69. The lowest BCUT2D eigenvalue weighted by Gasteiger charge is -2.40. The van der Waals surface area contributed by atoms with Gasteiger partial charge in [-0.15, -0.1) is 0 Å². The molecular formula is C19H24O4. The fourth-order valence-corrected chi connectivity index (χ4v) is 3.88. The molecule has 4 heteroatoms. The van der Waals surface area contributed by atoms with Gasteiger partial charge >= 0.3 is 0 Å². The summed E-state index contributed by atoms with van der Waals surface area (Å²) in [6.07, 6.45) is 0.475. The third-order valence-corrected chi connectivity index (χ3v) is 4.77. The molecule has 2 heterocycles. The molecule has 2 bridgehead atoms. The zero-order valence-electron chi connectivity index (χ0n) is 14.6. The molecule has 124 valence electrons. The van der Waals surface area contributed by atoms with E-state index in [0.29, 0.717) is 17.5 Å². The molecular weight excluding hydrogens is 292 g/mol. The largest absolute Gasteiger partial charge is 0.334 e. The van der Waals surface area contributed by atoms with E-state index >= 15 is 0 Å². The molecule has 3 rings (SSSR count). The van der Waals surface area contributed by atoms with Crippen molar-refractivity contribution in [2.24, 2.45) is 5.41 Å². The van der Waals surface area contributed by atoms with Crippen molar-refractivity contribution in [2.75, 3.05) is 0 Å². The first-order valence-electron chi connectivity index (χ1n) is 8.01. The molecule has 0 spiro atoms. The van der Waals surface area contributed by atoms with Crippen LogP contribution in [0.5, 0.6) is 0 Å². The van der Waals surface area contributed by atoms with Gasteiger partial charge in [0, 0.05) is 11.1 Å². The van der Waals surface area contributed by atoms with E-state index < -0.39 is 17.0 Å². The number of rotatable bonds is 1. The van der Waals surface area contributed by atoms with Crippen molar-refractivity contribution in [3.05, 3.63) is 35.4 Å². The molecule has 1 fully saturated rings. The van der Waals surface area contributed by atoms with Crippen LogP contribution in [0.15, 0.2) is 24.3 Å². The molecule has 0 amide bonds. The van der Waals surface area contributed by atoms with Crippen molar-refractivity contribution < 1.29 is 19.1 Å². The van der Waals surface area contributed by atoms with Crippen LogP contribution in [0.3, 0.4) is 0 Å². The number of carbonyl (C=O) groups excluding carboxylic acids is 2. The predicted molar refractivity (Wildman–Crippen MR) is 86.6 cm³/mol. The molecule has 2 aliphatic rings. The average molecular weight is 316 g/mol. The molecule has 0 unspecified atom stereocenters. The van der Waals surface area contributed by atoms with Crippen LogP contribution in [-0.2, 0) is 9.47 Å². The quantitative estimate of drug-likeness (QED) is 0.791. The second-order valence-electron chi connectivity index (χ2n) is 8.43. The van der Waals surface area contributed by atoms with Crippen LogP contribution in [0.2, 0.25) is 0 Å². The molecule has 23 heavy (non-hydrogen) atoms. The van der Waals surface area contributed by atoms with Crippen LogP contribution in [-0.4, -0.2) is 28.6 Å². The molecule has 1 aromatic rings. The lowest BCUT2D eigenvalue weighted by atomic mass is 9.70. The van der Waals surface area contributed by atoms with Gasteiger partial charge in [-0.2, -0.15) is 0 Å². The van der Waals surface area contributed by atoms with Gasteiger partial charge in [-0.25, -0.2) is 0 Å². The van der Waals surface area contributed by atoms with Crippen molar-refractivity contribution in [1.82, 2.24) is 0 Å². The lowest BCUT2D eigenvalue weighted by Crippen LogP contribution is -2.55. The van der Waals surface area contributed by atoms with Gasteiger partial charge in [-0.05, 0) is 32.6 Å². The number of hydrogen-bond acceptors (Lipinski definition) is 4. The second kappa shape index (κ2) is 4.52. The summed E-state index contributed by atoms with van der Waals surface area (Å²) >= 11 is 0. The van der Waals surface area contributed by atoms with Gasteiger partial charge in [-0.3, -0.25) is 9.59 Å². The van der Waals surface area contributed by atoms with Crippen molar-refractivity contribution in [3.8, 4) is 0 Å². The van der Waals surface area contributed by atoms with Gasteiger partial charge < -0.3 is 9.47 Å². The highest BCUT2D eigenvalue weighted by Crippen LogP contribution is 2.53. The van der Waals surface area contributed by atoms with E-state index in [9.17, 15) is 9.59 Å². The van der Waals surface area contributed by atoms with Crippen LogP contribution in [0, 0.1) is 5.41 Å². The molecule has 2 atom stereocenters. The third-order valence-electron chi connectivity index (χ3n) is 4.77. The molecule has 0 radical (unpaired) electrons. The van der Waals surface area contributed by atoms with Gasteiger partial charge in [-0.1, -0.05) is 45.0 Å². The van der Waals surface area contributed by atoms with E-state index in [1.54, 1.807) is 31.2 Å². The number of benzene rings is 1. The Balaban J connectivity index is 2.29. The van der Waals surface area contributed by atoms with E-state index in [4.69, 9.17) is 9.47 Å².